The first-order valence-electron chi connectivity index (χ1n) is 9.96. The van der Waals surface area contributed by atoms with E-state index in [1.807, 2.05) is 0 Å². The average molecular weight is 466 g/mol. The monoisotopic (exact) mass is 465 g/mol. The zero-order valence-corrected chi connectivity index (χ0v) is 18.8. The van der Waals surface area contributed by atoms with Gasteiger partial charge in [-0.05, 0) is 42.5 Å². The zero-order valence-electron chi connectivity index (χ0n) is 17.3. The van der Waals surface area contributed by atoms with Gasteiger partial charge >= 0.3 is 0 Å². The number of hydrogen-bond acceptors (Lipinski definition) is 5. The molecule has 2 amide bonds. The normalized spacial score (nSPS) is 14.2. The Labute approximate surface area is 191 Å². The van der Waals surface area contributed by atoms with E-state index in [2.05, 4.69) is 10.2 Å². The highest BCUT2D eigenvalue weighted by atomic mass is 35.5. The van der Waals surface area contributed by atoms with E-state index >= 15 is 0 Å². The zero-order chi connectivity index (χ0) is 22.2. The van der Waals surface area contributed by atoms with Crippen LogP contribution in [-0.2, 0) is 4.79 Å². The molecular weight excluding hydrogens is 441 g/mol. The van der Waals surface area contributed by atoms with E-state index in [1.165, 1.54) is 0 Å². The fraction of sp³-hybridized carbons (Fsp3) is 0.364. The molecule has 0 aromatic heterocycles. The number of methoxy groups -OCH3 is 1. The minimum Gasteiger partial charge on any atom is -0.497 e. The lowest BCUT2D eigenvalue weighted by Crippen LogP contribution is -2.51. The molecule has 1 aliphatic rings. The van der Waals surface area contributed by atoms with Crippen LogP contribution in [0.2, 0.25) is 10.0 Å². The lowest BCUT2D eigenvalue weighted by Gasteiger charge is -2.34. The summed E-state index contributed by atoms with van der Waals surface area (Å²) >= 11 is 11.9. The van der Waals surface area contributed by atoms with Gasteiger partial charge in [-0.2, -0.15) is 0 Å². The van der Waals surface area contributed by atoms with E-state index in [1.54, 1.807) is 54.5 Å². The minimum atomic E-state index is -0.116. The quantitative estimate of drug-likeness (QED) is 0.648. The molecule has 1 N–H and O–H groups in total. The maximum atomic E-state index is 12.4. The first kappa shape index (κ1) is 23.2. The van der Waals surface area contributed by atoms with Crippen LogP contribution in [-0.4, -0.2) is 74.6 Å². The fourth-order valence-corrected chi connectivity index (χ4v) is 3.68. The van der Waals surface area contributed by atoms with Gasteiger partial charge in [0.25, 0.3) is 11.8 Å². The Morgan fingerprint density at radius 1 is 1.03 bits per heavy atom. The number of hydrogen-bond donors (Lipinski definition) is 1. The molecule has 0 spiro atoms. The first-order valence-corrected chi connectivity index (χ1v) is 10.7. The van der Waals surface area contributed by atoms with Crippen LogP contribution >= 0.6 is 23.2 Å². The van der Waals surface area contributed by atoms with E-state index in [-0.39, 0.29) is 18.4 Å². The standard InChI is InChI=1S/C22H25Cl2N3O4/c1-30-18-5-2-16(3-6-18)22(29)25-8-9-26-10-12-27(13-11-26)21(28)15-31-20-7-4-17(23)14-19(20)24/h2-7,14H,8-13,15H2,1H3,(H,25,29). The molecule has 0 radical (unpaired) electrons. The van der Waals surface area contributed by atoms with Gasteiger partial charge in [-0.1, -0.05) is 23.2 Å². The second kappa shape index (κ2) is 11.2. The number of carbonyl (C=O) groups is 2. The van der Waals surface area contributed by atoms with Crippen molar-refractivity contribution in [1.29, 1.82) is 0 Å². The third-order valence-corrected chi connectivity index (χ3v) is 5.57. The van der Waals surface area contributed by atoms with E-state index in [0.717, 1.165) is 19.6 Å². The summed E-state index contributed by atoms with van der Waals surface area (Å²) in [5, 5.41) is 3.81. The topological polar surface area (TPSA) is 71.1 Å². The lowest BCUT2D eigenvalue weighted by molar-refractivity contribution is -0.135. The molecule has 1 fully saturated rings. The van der Waals surface area contributed by atoms with Gasteiger partial charge < -0.3 is 19.7 Å². The summed E-state index contributed by atoms with van der Waals surface area (Å²) < 4.78 is 10.6. The number of amides is 2. The number of ether oxygens (including phenoxy) is 2. The number of nitrogens with one attached hydrogen (secondary N) is 1. The van der Waals surface area contributed by atoms with Crippen molar-refractivity contribution in [3.63, 3.8) is 0 Å². The smallest absolute Gasteiger partial charge is 0.260 e. The predicted octanol–water partition coefficient (Wildman–Crippen LogP) is 2.96. The van der Waals surface area contributed by atoms with Gasteiger partial charge in [0.05, 0.1) is 12.1 Å². The maximum absolute atomic E-state index is 12.4. The number of piperazine rings is 1. The summed E-state index contributed by atoms with van der Waals surface area (Å²) in [7, 11) is 1.59. The third kappa shape index (κ3) is 6.75. The predicted molar refractivity (Wildman–Crippen MR) is 120 cm³/mol. The molecule has 0 aliphatic carbocycles. The Hall–Kier alpha value is -2.48. The van der Waals surface area contributed by atoms with Crippen molar-refractivity contribution < 1.29 is 19.1 Å². The van der Waals surface area contributed by atoms with Crippen LogP contribution in [0.1, 0.15) is 10.4 Å². The summed E-state index contributed by atoms with van der Waals surface area (Å²) in [6.07, 6.45) is 0. The summed E-state index contributed by atoms with van der Waals surface area (Å²) in [6, 6.07) is 11.9. The Morgan fingerprint density at radius 2 is 1.74 bits per heavy atom. The molecule has 2 aromatic carbocycles. The molecule has 0 saturated carbocycles. The minimum absolute atomic E-state index is 0.0702. The molecule has 1 saturated heterocycles. The van der Waals surface area contributed by atoms with Gasteiger partial charge in [0, 0.05) is 49.9 Å². The van der Waals surface area contributed by atoms with Gasteiger partial charge in [0.15, 0.2) is 6.61 Å². The highest BCUT2D eigenvalue weighted by Gasteiger charge is 2.21. The molecule has 9 heteroatoms. The Kier molecular flexibility index (Phi) is 8.40. The van der Waals surface area contributed by atoms with E-state index < -0.39 is 0 Å². The van der Waals surface area contributed by atoms with Crippen LogP contribution in [0.5, 0.6) is 11.5 Å². The average Bonchev–Trinajstić information content (AvgIpc) is 2.78. The van der Waals surface area contributed by atoms with Gasteiger partial charge in [0.1, 0.15) is 11.5 Å². The molecule has 1 aliphatic heterocycles. The maximum Gasteiger partial charge on any atom is 0.260 e. The molecule has 166 valence electrons. The molecule has 7 nitrogen and oxygen atoms in total. The van der Waals surface area contributed by atoms with Crippen LogP contribution in [0.3, 0.4) is 0 Å². The Morgan fingerprint density at radius 3 is 2.39 bits per heavy atom. The van der Waals surface area contributed by atoms with Crippen molar-refractivity contribution in [2.75, 3.05) is 53.0 Å². The summed E-state index contributed by atoms with van der Waals surface area (Å²) in [6.45, 7) is 3.90. The molecule has 0 unspecified atom stereocenters. The van der Waals surface area contributed by atoms with Crippen LogP contribution in [0.4, 0.5) is 0 Å². The van der Waals surface area contributed by atoms with Crippen LogP contribution in [0.15, 0.2) is 42.5 Å². The van der Waals surface area contributed by atoms with Crippen molar-refractivity contribution in [3.8, 4) is 11.5 Å². The SMILES string of the molecule is COc1ccc(C(=O)NCCN2CCN(C(=O)COc3ccc(Cl)cc3Cl)CC2)cc1. The van der Waals surface area contributed by atoms with E-state index in [9.17, 15) is 9.59 Å². The van der Waals surface area contributed by atoms with Gasteiger partial charge in [-0.25, -0.2) is 0 Å². The van der Waals surface area contributed by atoms with E-state index in [0.29, 0.717) is 46.7 Å². The number of nitrogens with zero attached hydrogens (tertiary/aromatic N) is 2. The second-order valence-electron chi connectivity index (χ2n) is 7.07. The molecule has 2 aromatic rings. The summed E-state index contributed by atoms with van der Waals surface area (Å²) in [5.74, 6) is 0.948. The van der Waals surface area contributed by atoms with Crippen molar-refractivity contribution in [2.24, 2.45) is 0 Å². The molecular formula is C22H25Cl2N3O4. The Balaban J connectivity index is 1.35. The number of benzene rings is 2. The Bertz CT molecular complexity index is 900. The molecule has 31 heavy (non-hydrogen) atoms. The first-order chi connectivity index (χ1) is 15.0. The van der Waals surface area contributed by atoms with E-state index in [4.69, 9.17) is 32.7 Å². The van der Waals surface area contributed by atoms with Crippen LogP contribution < -0.4 is 14.8 Å². The van der Waals surface area contributed by atoms with Crippen molar-refractivity contribution in [1.82, 2.24) is 15.1 Å². The summed E-state index contributed by atoms with van der Waals surface area (Å²) in [4.78, 5) is 28.6. The van der Waals surface area contributed by atoms with Gasteiger partial charge in [-0.3, -0.25) is 14.5 Å². The van der Waals surface area contributed by atoms with Crippen molar-refractivity contribution in [2.45, 2.75) is 0 Å². The third-order valence-electron chi connectivity index (χ3n) is 5.04. The summed E-state index contributed by atoms with van der Waals surface area (Å²) in [5.41, 5.74) is 0.594. The molecule has 1 heterocycles. The van der Waals surface area contributed by atoms with Crippen molar-refractivity contribution in [3.05, 3.63) is 58.1 Å². The molecule has 0 atom stereocenters. The van der Waals surface area contributed by atoms with Crippen LogP contribution in [0, 0.1) is 0 Å². The highest BCUT2D eigenvalue weighted by molar-refractivity contribution is 6.35. The largest absolute Gasteiger partial charge is 0.497 e. The fourth-order valence-electron chi connectivity index (χ4n) is 3.22. The highest BCUT2D eigenvalue weighted by Crippen LogP contribution is 2.27. The lowest BCUT2D eigenvalue weighted by atomic mass is 10.2. The van der Waals surface area contributed by atoms with Gasteiger partial charge in [0.2, 0.25) is 0 Å². The van der Waals surface area contributed by atoms with Crippen LogP contribution in [0.25, 0.3) is 0 Å². The van der Waals surface area contributed by atoms with Crippen molar-refractivity contribution >= 4 is 35.0 Å². The molecule has 0 bridgehead atoms. The number of carbonyl (C=O) groups excluding carboxylic acids is 2. The van der Waals surface area contributed by atoms with Gasteiger partial charge in [-0.15, -0.1) is 0 Å². The number of rotatable bonds is 8. The second-order valence-corrected chi connectivity index (χ2v) is 7.91. The number of halogens is 2. The molecule has 3 rings (SSSR count).